The van der Waals surface area contributed by atoms with Gasteiger partial charge in [0.25, 0.3) is 0 Å². The smallest absolute Gasteiger partial charge is 0.478 e. The maximum atomic E-state index is 11.1. The van der Waals surface area contributed by atoms with Crippen molar-refractivity contribution in [3.05, 3.63) is 47.5 Å². The normalized spacial score (nSPS) is 10.2. The zero-order valence-corrected chi connectivity index (χ0v) is 9.18. The highest BCUT2D eigenvalue weighted by Gasteiger charge is 2.23. The van der Waals surface area contributed by atoms with Gasteiger partial charge in [-0.25, -0.2) is 4.79 Å². The lowest BCUT2D eigenvalue weighted by molar-refractivity contribution is 0.0696. The summed E-state index contributed by atoms with van der Waals surface area (Å²) in [6, 6.07) is 10.4. The number of carbonyl (C=O) groups is 1. The maximum Gasteiger partial charge on any atom is 0.518 e. The molecule has 0 bridgehead atoms. The van der Waals surface area contributed by atoms with Crippen LogP contribution in [0.25, 0.3) is 10.8 Å². The number of ether oxygens (including phenoxy) is 1. The van der Waals surface area contributed by atoms with Crippen LogP contribution in [0.4, 0.5) is 0 Å². The van der Waals surface area contributed by atoms with Crippen molar-refractivity contribution in [2.45, 2.75) is 0 Å². The average Bonchev–Trinajstić information content (AvgIpc) is 2.36. The number of rotatable bonds is 2. The second kappa shape index (κ2) is 4.25. The van der Waals surface area contributed by atoms with E-state index in [2.05, 4.69) is 4.74 Å². The highest BCUT2D eigenvalue weighted by atomic mass is 16.5. The second-order valence-electron chi connectivity index (χ2n) is 3.56. The third kappa shape index (κ3) is 1.97. The van der Waals surface area contributed by atoms with E-state index in [-0.39, 0.29) is 11.1 Å². The number of benzene rings is 2. The van der Waals surface area contributed by atoms with Crippen LogP contribution in [0.15, 0.2) is 36.4 Å². The molecular weight excluding hydrogens is 220 g/mol. The number of carbonyl (C=O) groups excluding carboxylic acids is 1. The molecule has 86 valence electrons. The highest BCUT2D eigenvalue weighted by molar-refractivity contribution is 6.07. The van der Waals surface area contributed by atoms with Crippen LogP contribution in [0.3, 0.4) is 0 Å². The quantitative estimate of drug-likeness (QED) is 0.635. The molecule has 0 heterocycles. The summed E-state index contributed by atoms with van der Waals surface area (Å²) in [5, 5.41) is 10.7. The largest absolute Gasteiger partial charge is 0.518 e. The SMILES string of the molecule is COC(=[OH+])c1cc2ccccc2cc1C(=O)O. The molecule has 2 aromatic carbocycles. The van der Waals surface area contributed by atoms with E-state index in [4.69, 9.17) is 5.11 Å². The number of carboxylic acids is 1. The van der Waals surface area contributed by atoms with E-state index < -0.39 is 11.9 Å². The molecule has 4 heteroatoms. The Kier molecular flexibility index (Phi) is 2.78. The van der Waals surface area contributed by atoms with Crippen molar-refractivity contribution < 1.29 is 19.4 Å². The van der Waals surface area contributed by atoms with E-state index >= 15 is 0 Å². The number of hydrogen-bond donors (Lipinski definition) is 1. The minimum absolute atomic E-state index is 0.0167. The number of fused-ring (bicyclic) bond motifs is 1. The number of aromatic carboxylic acids is 1. The van der Waals surface area contributed by atoms with Gasteiger partial charge in [0.05, 0.1) is 5.56 Å². The van der Waals surface area contributed by atoms with Gasteiger partial charge in [-0.1, -0.05) is 24.3 Å². The van der Waals surface area contributed by atoms with Gasteiger partial charge in [0.15, 0.2) is 7.11 Å². The molecule has 4 nitrogen and oxygen atoms in total. The molecule has 0 radical (unpaired) electrons. The summed E-state index contributed by atoms with van der Waals surface area (Å²) < 4.78 is 4.68. The topological polar surface area (TPSA) is 67.9 Å². The molecule has 0 amide bonds. The molecule has 0 aliphatic heterocycles. The fraction of sp³-hybridized carbons (Fsp3) is 0.0769. The Morgan fingerprint density at radius 2 is 1.71 bits per heavy atom. The summed E-state index contributed by atoms with van der Waals surface area (Å²) in [5.74, 6) is -1.50. The monoisotopic (exact) mass is 231 g/mol. The van der Waals surface area contributed by atoms with E-state index in [1.807, 2.05) is 24.3 Å². The summed E-state index contributed by atoms with van der Waals surface area (Å²) in [4.78, 5) is 20.7. The number of carboxylic acid groups (broad SMARTS) is 1. The molecule has 2 N–H and O–H groups in total. The Morgan fingerprint density at radius 1 is 1.18 bits per heavy atom. The van der Waals surface area contributed by atoms with E-state index in [0.717, 1.165) is 10.8 Å². The van der Waals surface area contributed by atoms with E-state index in [1.54, 1.807) is 6.07 Å². The van der Waals surface area contributed by atoms with Gasteiger partial charge >= 0.3 is 11.9 Å². The van der Waals surface area contributed by atoms with Crippen molar-refractivity contribution in [3.63, 3.8) is 0 Å². The van der Waals surface area contributed by atoms with Crippen molar-refractivity contribution in [2.24, 2.45) is 0 Å². The predicted octanol–water partition coefficient (Wildman–Crippen LogP) is 2.03. The van der Waals surface area contributed by atoms with Crippen LogP contribution in [0.5, 0.6) is 0 Å². The summed E-state index contributed by atoms with van der Waals surface area (Å²) >= 11 is 0. The average molecular weight is 231 g/mol. The molecule has 0 aliphatic rings. The molecule has 17 heavy (non-hydrogen) atoms. The first kappa shape index (κ1) is 11.1. The molecular formula is C13H11O4+. The summed E-state index contributed by atoms with van der Waals surface area (Å²) in [6.45, 7) is 0. The third-order valence-electron chi connectivity index (χ3n) is 2.54. The maximum absolute atomic E-state index is 11.1. The fourth-order valence-electron chi connectivity index (χ4n) is 1.70. The first-order valence-corrected chi connectivity index (χ1v) is 5.00. The van der Waals surface area contributed by atoms with Gasteiger partial charge < -0.3 is 14.6 Å². The zero-order valence-electron chi connectivity index (χ0n) is 9.18. The molecule has 0 saturated heterocycles. The molecule has 0 fully saturated rings. The zero-order chi connectivity index (χ0) is 12.4. The van der Waals surface area contributed by atoms with Crippen LogP contribution >= 0.6 is 0 Å². The van der Waals surface area contributed by atoms with Gasteiger partial charge in [-0.2, -0.15) is 0 Å². The van der Waals surface area contributed by atoms with Gasteiger partial charge in [-0.3, -0.25) is 0 Å². The Balaban J connectivity index is 2.75. The van der Waals surface area contributed by atoms with E-state index in [9.17, 15) is 9.59 Å². The molecule has 0 atom stereocenters. The van der Waals surface area contributed by atoms with E-state index in [0.29, 0.717) is 0 Å². The molecule has 2 rings (SSSR count). The summed E-state index contributed by atoms with van der Waals surface area (Å²) in [5.41, 5.74) is 0.196. The standard InChI is InChI=1S/C13H10O4/c1-17-13(16)11-7-9-5-3-2-4-8(9)6-10(11)12(14)15/h2-7H,1H3,(H,14,15)/p+1. The molecule has 0 saturated carbocycles. The van der Waals surface area contributed by atoms with Crippen LogP contribution in [-0.4, -0.2) is 28.9 Å². The molecule has 0 unspecified atom stereocenters. The summed E-state index contributed by atoms with van der Waals surface area (Å²) in [6.07, 6.45) is 0. The first-order valence-electron chi connectivity index (χ1n) is 5.00. The summed E-state index contributed by atoms with van der Waals surface area (Å²) in [7, 11) is 1.29. The highest BCUT2D eigenvalue weighted by Crippen LogP contribution is 2.20. The minimum atomic E-state index is -1.10. The van der Waals surface area contributed by atoms with Crippen molar-refractivity contribution in [1.82, 2.24) is 0 Å². The Morgan fingerprint density at radius 3 is 2.18 bits per heavy atom. The predicted molar refractivity (Wildman–Crippen MR) is 64.0 cm³/mol. The lowest BCUT2D eigenvalue weighted by atomic mass is 10.0. The second-order valence-corrected chi connectivity index (χ2v) is 3.56. The van der Waals surface area contributed by atoms with Gasteiger partial charge in [0, 0.05) is 0 Å². The lowest BCUT2D eigenvalue weighted by Gasteiger charge is -2.03. The van der Waals surface area contributed by atoms with Crippen molar-refractivity contribution in [1.29, 1.82) is 0 Å². The van der Waals surface area contributed by atoms with Crippen molar-refractivity contribution in [3.8, 4) is 0 Å². The molecule has 0 spiro atoms. The Labute approximate surface area is 97.4 Å². The van der Waals surface area contributed by atoms with Crippen LogP contribution in [0, 0.1) is 0 Å². The third-order valence-corrected chi connectivity index (χ3v) is 2.54. The van der Waals surface area contributed by atoms with Gasteiger partial charge in [-0.05, 0) is 22.9 Å². The first-order chi connectivity index (χ1) is 8.13. The van der Waals surface area contributed by atoms with Gasteiger partial charge in [0.1, 0.15) is 5.56 Å². The molecule has 0 aromatic heterocycles. The number of hydrogen-bond acceptors (Lipinski definition) is 2. The number of methoxy groups -OCH3 is 1. The van der Waals surface area contributed by atoms with Crippen LogP contribution in [0.2, 0.25) is 0 Å². The fourth-order valence-corrected chi connectivity index (χ4v) is 1.70. The van der Waals surface area contributed by atoms with Crippen molar-refractivity contribution >= 4 is 22.7 Å². The van der Waals surface area contributed by atoms with Crippen LogP contribution in [0.1, 0.15) is 15.9 Å². The molecule has 0 aliphatic carbocycles. The lowest BCUT2D eigenvalue weighted by Crippen LogP contribution is -2.11. The van der Waals surface area contributed by atoms with E-state index in [1.165, 1.54) is 13.2 Å². The van der Waals surface area contributed by atoms with Gasteiger partial charge in [-0.15, -0.1) is 0 Å². The number of esters is 1. The Bertz CT molecular complexity index is 601. The minimum Gasteiger partial charge on any atom is -0.478 e. The van der Waals surface area contributed by atoms with Crippen LogP contribution in [-0.2, 0) is 4.74 Å². The van der Waals surface area contributed by atoms with Crippen LogP contribution < -0.4 is 0 Å². The van der Waals surface area contributed by atoms with Gasteiger partial charge in [0.2, 0.25) is 0 Å². The van der Waals surface area contributed by atoms with Crippen molar-refractivity contribution in [2.75, 3.05) is 7.11 Å². The Hall–Kier alpha value is -2.36. The molecule has 2 aromatic rings.